The van der Waals surface area contributed by atoms with Crippen LogP contribution in [0.2, 0.25) is 0 Å². The van der Waals surface area contributed by atoms with Crippen LogP contribution in [0.1, 0.15) is 0 Å². The van der Waals surface area contributed by atoms with Gasteiger partial charge in [0.2, 0.25) is 0 Å². The number of amides is 2. The van der Waals surface area contributed by atoms with Crippen LogP contribution in [-0.2, 0) is 0 Å². The molecular formula is C16H11F2N3O2. The molecule has 0 aliphatic rings. The molecule has 0 atom stereocenters. The minimum Gasteiger partial charge on any atom is -0.341 e. The van der Waals surface area contributed by atoms with Gasteiger partial charge in [-0.3, -0.25) is 10.1 Å². The molecule has 0 aliphatic heterocycles. The number of fused-ring (bicyclic) bond motifs is 1. The van der Waals surface area contributed by atoms with Crippen molar-refractivity contribution >= 4 is 28.4 Å². The van der Waals surface area contributed by atoms with Gasteiger partial charge < -0.3 is 10.3 Å². The van der Waals surface area contributed by atoms with E-state index in [4.69, 9.17) is 0 Å². The first-order valence-corrected chi connectivity index (χ1v) is 6.67. The number of benzene rings is 2. The first-order valence-electron chi connectivity index (χ1n) is 6.67. The SMILES string of the molecule is O=C(Nc1ccc(F)cc1)Nc1cc(=O)c2cc(F)ccc2[nH]1. The van der Waals surface area contributed by atoms with Crippen molar-refractivity contribution < 1.29 is 13.6 Å². The Kier molecular flexibility index (Phi) is 3.76. The number of aromatic nitrogens is 1. The molecule has 23 heavy (non-hydrogen) atoms. The zero-order chi connectivity index (χ0) is 16.4. The molecule has 0 unspecified atom stereocenters. The highest BCUT2D eigenvalue weighted by Gasteiger charge is 2.07. The Morgan fingerprint density at radius 3 is 2.35 bits per heavy atom. The second-order valence-corrected chi connectivity index (χ2v) is 4.82. The molecule has 116 valence electrons. The van der Waals surface area contributed by atoms with Gasteiger partial charge in [-0.1, -0.05) is 0 Å². The van der Waals surface area contributed by atoms with E-state index in [1.807, 2.05) is 0 Å². The maximum absolute atomic E-state index is 13.1. The normalized spacial score (nSPS) is 10.5. The average Bonchev–Trinajstić information content (AvgIpc) is 2.50. The smallest absolute Gasteiger partial charge is 0.324 e. The lowest BCUT2D eigenvalue weighted by Crippen LogP contribution is -2.21. The van der Waals surface area contributed by atoms with Gasteiger partial charge in [-0.05, 0) is 42.5 Å². The van der Waals surface area contributed by atoms with E-state index in [1.165, 1.54) is 36.4 Å². The summed E-state index contributed by atoms with van der Waals surface area (Å²) in [5.41, 5.74) is 0.375. The quantitative estimate of drug-likeness (QED) is 0.677. The number of urea groups is 1. The largest absolute Gasteiger partial charge is 0.341 e. The number of pyridine rings is 1. The molecule has 7 heteroatoms. The van der Waals surface area contributed by atoms with E-state index >= 15 is 0 Å². The molecule has 0 radical (unpaired) electrons. The Balaban J connectivity index is 1.81. The van der Waals surface area contributed by atoms with E-state index in [1.54, 1.807) is 0 Å². The van der Waals surface area contributed by atoms with Crippen LogP contribution in [0.3, 0.4) is 0 Å². The van der Waals surface area contributed by atoms with Crippen molar-refractivity contribution in [3.05, 3.63) is 70.4 Å². The molecule has 0 fully saturated rings. The van der Waals surface area contributed by atoms with Crippen molar-refractivity contribution in [3.8, 4) is 0 Å². The number of anilines is 2. The fraction of sp³-hybridized carbons (Fsp3) is 0. The van der Waals surface area contributed by atoms with Crippen LogP contribution in [0.25, 0.3) is 10.9 Å². The Labute approximate surface area is 129 Å². The fourth-order valence-electron chi connectivity index (χ4n) is 2.10. The molecule has 5 nitrogen and oxygen atoms in total. The maximum Gasteiger partial charge on any atom is 0.324 e. The van der Waals surface area contributed by atoms with Crippen LogP contribution in [0, 0.1) is 11.6 Å². The zero-order valence-corrected chi connectivity index (χ0v) is 11.7. The third-order valence-corrected chi connectivity index (χ3v) is 3.14. The molecule has 1 heterocycles. The second-order valence-electron chi connectivity index (χ2n) is 4.82. The van der Waals surface area contributed by atoms with Crippen molar-refractivity contribution in [2.75, 3.05) is 10.6 Å². The molecule has 2 aromatic carbocycles. The van der Waals surface area contributed by atoms with Crippen molar-refractivity contribution in [1.82, 2.24) is 4.98 Å². The topological polar surface area (TPSA) is 74.0 Å². The molecule has 0 spiro atoms. The Hall–Kier alpha value is -3.22. The van der Waals surface area contributed by atoms with Crippen LogP contribution in [0.4, 0.5) is 25.1 Å². The molecule has 1 aromatic heterocycles. The van der Waals surface area contributed by atoms with Gasteiger partial charge in [0.15, 0.2) is 5.43 Å². The highest BCUT2D eigenvalue weighted by atomic mass is 19.1. The Morgan fingerprint density at radius 1 is 0.913 bits per heavy atom. The number of hydrogen-bond donors (Lipinski definition) is 3. The van der Waals surface area contributed by atoms with E-state index in [0.29, 0.717) is 11.2 Å². The first kappa shape index (κ1) is 14.7. The monoisotopic (exact) mass is 315 g/mol. The van der Waals surface area contributed by atoms with Gasteiger partial charge in [-0.25, -0.2) is 13.6 Å². The van der Waals surface area contributed by atoms with Crippen molar-refractivity contribution in [1.29, 1.82) is 0 Å². The van der Waals surface area contributed by atoms with E-state index in [0.717, 1.165) is 12.1 Å². The molecule has 0 bridgehead atoms. The van der Waals surface area contributed by atoms with Crippen molar-refractivity contribution in [2.24, 2.45) is 0 Å². The maximum atomic E-state index is 13.1. The second kappa shape index (κ2) is 5.88. The average molecular weight is 315 g/mol. The first-order chi connectivity index (χ1) is 11.0. The van der Waals surface area contributed by atoms with E-state index < -0.39 is 23.1 Å². The number of H-pyrrole nitrogens is 1. The summed E-state index contributed by atoms with van der Waals surface area (Å²) in [7, 11) is 0. The van der Waals surface area contributed by atoms with E-state index in [-0.39, 0.29) is 11.2 Å². The van der Waals surface area contributed by atoms with Crippen LogP contribution in [-0.4, -0.2) is 11.0 Å². The summed E-state index contributed by atoms with van der Waals surface area (Å²) in [5, 5.41) is 5.14. The van der Waals surface area contributed by atoms with Crippen LogP contribution in [0.15, 0.2) is 53.3 Å². The third-order valence-electron chi connectivity index (χ3n) is 3.14. The number of carbonyl (C=O) groups is 1. The van der Waals surface area contributed by atoms with E-state index in [2.05, 4.69) is 15.6 Å². The molecular weight excluding hydrogens is 304 g/mol. The minimum absolute atomic E-state index is 0.161. The van der Waals surface area contributed by atoms with E-state index in [9.17, 15) is 18.4 Å². The highest BCUT2D eigenvalue weighted by Crippen LogP contribution is 2.13. The predicted molar refractivity (Wildman–Crippen MR) is 83.6 cm³/mol. The molecule has 2 amide bonds. The zero-order valence-electron chi connectivity index (χ0n) is 11.7. The van der Waals surface area contributed by atoms with Crippen LogP contribution < -0.4 is 16.1 Å². The van der Waals surface area contributed by atoms with Gasteiger partial charge in [0.05, 0.1) is 5.52 Å². The molecule has 3 N–H and O–H groups in total. The number of rotatable bonds is 2. The minimum atomic E-state index is -0.603. The summed E-state index contributed by atoms with van der Waals surface area (Å²) < 4.78 is 25.9. The standard InChI is InChI=1S/C16H11F2N3O2/c17-9-1-4-11(5-2-9)19-16(23)21-15-8-14(22)12-7-10(18)3-6-13(12)20-15/h1-8H,(H3,19,20,21,22,23). The lowest BCUT2D eigenvalue weighted by atomic mass is 10.2. The Morgan fingerprint density at radius 2 is 1.61 bits per heavy atom. The number of halogens is 2. The van der Waals surface area contributed by atoms with Crippen LogP contribution >= 0.6 is 0 Å². The summed E-state index contributed by atoms with van der Waals surface area (Å²) in [5.74, 6) is -0.770. The molecule has 0 saturated heterocycles. The third kappa shape index (κ3) is 3.34. The summed E-state index contributed by atoms with van der Waals surface area (Å²) >= 11 is 0. The number of carbonyl (C=O) groups excluding carboxylic acids is 1. The number of nitrogens with one attached hydrogen (secondary N) is 3. The van der Waals surface area contributed by atoms with Gasteiger partial charge in [0.25, 0.3) is 0 Å². The summed E-state index contributed by atoms with van der Waals surface area (Å²) in [6.45, 7) is 0. The van der Waals surface area contributed by atoms with Gasteiger partial charge in [-0.2, -0.15) is 0 Å². The lowest BCUT2D eigenvalue weighted by molar-refractivity contribution is 0.262. The molecule has 3 rings (SSSR count). The molecule has 3 aromatic rings. The predicted octanol–water partition coefficient (Wildman–Crippen LogP) is 3.45. The fourth-order valence-corrected chi connectivity index (χ4v) is 2.10. The van der Waals surface area contributed by atoms with Gasteiger partial charge in [-0.15, -0.1) is 0 Å². The number of aromatic amines is 1. The number of hydrogen-bond acceptors (Lipinski definition) is 2. The van der Waals surface area contributed by atoms with Crippen molar-refractivity contribution in [2.45, 2.75) is 0 Å². The van der Waals surface area contributed by atoms with Gasteiger partial charge in [0, 0.05) is 17.1 Å². The summed E-state index contributed by atoms with van der Waals surface area (Å²) in [4.78, 5) is 26.6. The molecule has 0 aliphatic carbocycles. The lowest BCUT2D eigenvalue weighted by Gasteiger charge is -2.08. The highest BCUT2D eigenvalue weighted by molar-refractivity contribution is 5.99. The summed E-state index contributed by atoms with van der Waals surface area (Å²) in [6.07, 6.45) is 0. The van der Waals surface area contributed by atoms with Gasteiger partial charge >= 0.3 is 6.03 Å². The van der Waals surface area contributed by atoms with Crippen LogP contribution in [0.5, 0.6) is 0 Å². The molecule has 0 saturated carbocycles. The van der Waals surface area contributed by atoms with Crippen molar-refractivity contribution in [3.63, 3.8) is 0 Å². The Bertz CT molecular complexity index is 936. The summed E-state index contributed by atoms with van der Waals surface area (Å²) in [6, 6.07) is 9.53. The van der Waals surface area contributed by atoms with Gasteiger partial charge in [0.1, 0.15) is 17.5 Å².